The van der Waals surface area contributed by atoms with E-state index in [2.05, 4.69) is 6.92 Å². The molecule has 2 aliphatic rings. The lowest BCUT2D eigenvalue weighted by Gasteiger charge is -2.17. The van der Waals surface area contributed by atoms with E-state index in [9.17, 15) is 9.59 Å². The van der Waals surface area contributed by atoms with E-state index in [0.717, 1.165) is 6.42 Å². The summed E-state index contributed by atoms with van der Waals surface area (Å²) in [6.45, 7) is 9.06. The zero-order valence-corrected chi connectivity index (χ0v) is 13.2. The monoisotopic (exact) mass is 300 g/mol. The van der Waals surface area contributed by atoms with Crippen LogP contribution in [0.5, 0.6) is 0 Å². The van der Waals surface area contributed by atoms with Gasteiger partial charge >= 0.3 is 11.9 Å². The lowest BCUT2D eigenvalue weighted by molar-refractivity contribution is -0.167. The SMILES string of the molecule is CC(C)OC(=O)C1OC([C@@H]2C[C@H]2C)OC1C(=O)OC(C)C. The van der Waals surface area contributed by atoms with Crippen molar-refractivity contribution in [3.63, 3.8) is 0 Å². The van der Waals surface area contributed by atoms with Crippen LogP contribution in [-0.2, 0) is 28.5 Å². The van der Waals surface area contributed by atoms with Crippen molar-refractivity contribution in [2.24, 2.45) is 11.8 Å². The number of hydrogen-bond acceptors (Lipinski definition) is 6. The Morgan fingerprint density at radius 3 is 1.62 bits per heavy atom. The fraction of sp³-hybridized carbons (Fsp3) is 0.867. The summed E-state index contributed by atoms with van der Waals surface area (Å²) in [6, 6.07) is 0. The Hall–Kier alpha value is -1.14. The Kier molecular flexibility index (Phi) is 4.88. The van der Waals surface area contributed by atoms with Crippen LogP contribution < -0.4 is 0 Å². The second kappa shape index (κ2) is 6.32. The van der Waals surface area contributed by atoms with Crippen molar-refractivity contribution in [2.45, 2.75) is 71.7 Å². The molecule has 0 aromatic heterocycles. The van der Waals surface area contributed by atoms with Gasteiger partial charge in [0.1, 0.15) is 0 Å². The van der Waals surface area contributed by atoms with Crippen molar-refractivity contribution < 1.29 is 28.5 Å². The van der Waals surface area contributed by atoms with Gasteiger partial charge in [0.15, 0.2) is 18.5 Å². The zero-order valence-electron chi connectivity index (χ0n) is 13.2. The van der Waals surface area contributed by atoms with E-state index in [-0.39, 0.29) is 18.1 Å². The third-order valence-electron chi connectivity index (χ3n) is 3.53. The maximum Gasteiger partial charge on any atom is 0.339 e. The van der Waals surface area contributed by atoms with Crippen LogP contribution in [-0.4, -0.2) is 42.6 Å². The lowest BCUT2D eigenvalue weighted by Crippen LogP contribution is -2.40. The van der Waals surface area contributed by atoms with Crippen LogP contribution in [0.3, 0.4) is 0 Å². The highest BCUT2D eigenvalue weighted by molar-refractivity contribution is 5.86. The minimum atomic E-state index is -1.04. The fourth-order valence-electron chi connectivity index (χ4n) is 2.35. The first-order valence-corrected chi connectivity index (χ1v) is 7.51. The van der Waals surface area contributed by atoms with E-state index in [4.69, 9.17) is 18.9 Å². The lowest BCUT2D eigenvalue weighted by atomic mass is 10.2. The molecule has 6 heteroatoms. The van der Waals surface area contributed by atoms with Crippen molar-refractivity contribution in [3.8, 4) is 0 Å². The van der Waals surface area contributed by atoms with E-state index in [1.165, 1.54) is 0 Å². The second-order valence-electron chi connectivity index (χ2n) is 6.33. The first kappa shape index (κ1) is 16.2. The summed E-state index contributed by atoms with van der Waals surface area (Å²) in [5.41, 5.74) is 0. The van der Waals surface area contributed by atoms with Crippen molar-refractivity contribution in [3.05, 3.63) is 0 Å². The van der Waals surface area contributed by atoms with Crippen LogP contribution in [0.4, 0.5) is 0 Å². The third-order valence-corrected chi connectivity index (χ3v) is 3.53. The Morgan fingerprint density at radius 2 is 1.33 bits per heavy atom. The molecule has 6 nitrogen and oxygen atoms in total. The average molecular weight is 300 g/mol. The molecule has 120 valence electrons. The van der Waals surface area contributed by atoms with Gasteiger partial charge in [-0.25, -0.2) is 9.59 Å². The molecule has 2 unspecified atom stereocenters. The number of rotatable bonds is 5. The summed E-state index contributed by atoms with van der Waals surface area (Å²) in [4.78, 5) is 24.2. The smallest absolute Gasteiger partial charge is 0.339 e. The topological polar surface area (TPSA) is 71.1 Å². The molecule has 0 aromatic carbocycles. The number of esters is 2. The van der Waals surface area contributed by atoms with Gasteiger partial charge in [0.25, 0.3) is 0 Å². The maximum atomic E-state index is 12.1. The Bertz CT molecular complexity index is 375. The Balaban J connectivity index is 2.05. The molecule has 0 bridgehead atoms. The minimum absolute atomic E-state index is 0.233. The van der Waals surface area contributed by atoms with E-state index in [1.807, 2.05) is 0 Å². The molecule has 1 aliphatic heterocycles. The summed E-state index contributed by atoms with van der Waals surface area (Å²) in [5, 5.41) is 0. The van der Waals surface area contributed by atoms with E-state index >= 15 is 0 Å². The Labute approximate surface area is 125 Å². The highest BCUT2D eigenvalue weighted by Gasteiger charge is 2.53. The van der Waals surface area contributed by atoms with Gasteiger partial charge < -0.3 is 18.9 Å². The molecular formula is C15H24O6. The Morgan fingerprint density at radius 1 is 0.952 bits per heavy atom. The number of carbonyl (C=O) groups excluding carboxylic acids is 2. The maximum absolute atomic E-state index is 12.1. The van der Waals surface area contributed by atoms with Gasteiger partial charge in [0.2, 0.25) is 0 Å². The molecular weight excluding hydrogens is 276 g/mol. The second-order valence-corrected chi connectivity index (χ2v) is 6.33. The molecule has 0 aromatic rings. The predicted molar refractivity (Wildman–Crippen MR) is 73.3 cm³/mol. The quantitative estimate of drug-likeness (QED) is 0.719. The highest BCUT2D eigenvalue weighted by atomic mass is 16.8. The summed E-state index contributed by atoms with van der Waals surface area (Å²) in [5.74, 6) is -0.439. The average Bonchev–Trinajstić information content (AvgIpc) is 2.90. The molecule has 1 saturated heterocycles. The van der Waals surface area contributed by atoms with Gasteiger partial charge in [-0.15, -0.1) is 0 Å². The number of hydrogen-bond donors (Lipinski definition) is 0. The van der Waals surface area contributed by atoms with Gasteiger partial charge in [-0.05, 0) is 40.0 Å². The van der Waals surface area contributed by atoms with Gasteiger partial charge in [0, 0.05) is 5.92 Å². The molecule has 2 fully saturated rings. The van der Waals surface area contributed by atoms with Crippen LogP contribution >= 0.6 is 0 Å². The van der Waals surface area contributed by atoms with Crippen molar-refractivity contribution in [1.82, 2.24) is 0 Å². The van der Waals surface area contributed by atoms with Crippen molar-refractivity contribution in [2.75, 3.05) is 0 Å². The van der Waals surface area contributed by atoms with Crippen LogP contribution in [0.1, 0.15) is 41.0 Å². The normalized spacial score (nSPS) is 35.1. The van der Waals surface area contributed by atoms with Crippen LogP contribution in [0, 0.1) is 11.8 Å². The molecule has 0 radical (unpaired) electrons. The summed E-state index contributed by atoms with van der Waals surface area (Å²) in [7, 11) is 0. The molecule has 2 rings (SSSR count). The van der Waals surface area contributed by atoms with Crippen LogP contribution in [0.15, 0.2) is 0 Å². The molecule has 1 heterocycles. The van der Waals surface area contributed by atoms with E-state index in [0.29, 0.717) is 5.92 Å². The zero-order chi connectivity index (χ0) is 15.7. The van der Waals surface area contributed by atoms with Crippen molar-refractivity contribution in [1.29, 1.82) is 0 Å². The summed E-state index contributed by atoms with van der Waals surface area (Å²) in [6.07, 6.45) is -2.20. The largest absolute Gasteiger partial charge is 0.461 e. The van der Waals surface area contributed by atoms with Gasteiger partial charge in [0.05, 0.1) is 12.2 Å². The standard InChI is InChI=1S/C15H24O6/c1-7(2)18-13(16)11-12(14(17)19-8(3)4)21-15(20-11)10-6-9(10)5/h7-12,15H,6H2,1-5H3/t9-,10-,11?,12?,15?/m1/s1. The molecule has 0 N–H and O–H groups in total. The van der Waals surface area contributed by atoms with Gasteiger partial charge in [-0.1, -0.05) is 6.92 Å². The fourth-order valence-corrected chi connectivity index (χ4v) is 2.35. The third kappa shape index (κ3) is 3.95. The van der Waals surface area contributed by atoms with E-state index < -0.39 is 30.4 Å². The highest BCUT2D eigenvalue weighted by Crippen LogP contribution is 2.45. The molecule has 21 heavy (non-hydrogen) atoms. The molecule has 4 atom stereocenters. The molecule has 0 amide bonds. The van der Waals surface area contributed by atoms with Crippen molar-refractivity contribution >= 4 is 11.9 Å². The summed E-state index contributed by atoms with van der Waals surface area (Å²) >= 11 is 0. The van der Waals surface area contributed by atoms with Gasteiger partial charge in [-0.2, -0.15) is 0 Å². The first-order valence-electron chi connectivity index (χ1n) is 7.51. The molecule has 1 aliphatic carbocycles. The molecule has 1 saturated carbocycles. The number of carbonyl (C=O) groups is 2. The number of ether oxygens (including phenoxy) is 4. The van der Waals surface area contributed by atoms with Crippen LogP contribution in [0.25, 0.3) is 0 Å². The first-order chi connectivity index (χ1) is 9.79. The van der Waals surface area contributed by atoms with E-state index in [1.54, 1.807) is 27.7 Å². The minimum Gasteiger partial charge on any atom is -0.461 e. The van der Waals surface area contributed by atoms with Gasteiger partial charge in [-0.3, -0.25) is 0 Å². The predicted octanol–water partition coefficient (Wildman–Crippen LogP) is 1.66. The van der Waals surface area contributed by atoms with Crippen LogP contribution in [0.2, 0.25) is 0 Å². The molecule has 0 spiro atoms. The summed E-state index contributed by atoms with van der Waals surface area (Å²) < 4.78 is 21.6.